The molecule has 1 atom stereocenters. The minimum Gasteiger partial charge on any atom is -0.395 e. The second kappa shape index (κ2) is 5.46. The van der Waals surface area contributed by atoms with Crippen molar-refractivity contribution in [2.24, 2.45) is 5.41 Å². The first kappa shape index (κ1) is 14.9. The van der Waals surface area contributed by atoms with Gasteiger partial charge in [-0.3, -0.25) is 9.48 Å². The van der Waals surface area contributed by atoms with E-state index in [1.807, 2.05) is 13.8 Å². The molecular formula is C15H26N4O. The van der Waals surface area contributed by atoms with E-state index in [0.717, 1.165) is 18.5 Å². The van der Waals surface area contributed by atoms with E-state index in [0.29, 0.717) is 23.3 Å². The Balaban J connectivity index is 2.12. The lowest BCUT2D eigenvalue weighted by molar-refractivity contribution is 0.0893. The van der Waals surface area contributed by atoms with E-state index < -0.39 is 0 Å². The van der Waals surface area contributed by atoms with Crippen LogP contribution in [0.3, 0.4) is 0 Å². The predicted octanol–water partition coefficient (Wildman–Crippen LogP) is 2.49. The van der Waals surface area contributed by atoms with E-state index in [4.69, 9.17) is 5.73 Å². The highest BCUT2D eigenvalue weighted by atomic mass is 16.2. The lowest BCUT2D eigenvalue weighted by Gasteiger charge is -2.35. The van der Waals surface area contributed by atoms with Crippen molar-refractivity contribution in [2.45, 2.75) is 66.0 Å². The summed E-state index contributed by atoms with van der Waals surface area (Å²) < 4.78 is 1.69. The van der Waals surface area contributed by atoms with Crippen molar-refractivity contribution in [1.82, 2.24) is 15.1 Å². The minimum atomic E-state index is -0.0901. The van der Waals surface area contributed by atoms with Crippen molar-refractivity contribution < 1.29 is 4.79 Å². The van der Waals surface area contributed by atoms with Crippen LogP contribution in [-0.4, -0.2) is 21.7 Å². The van der Waals surface area contributed by atoms with Crippen LogP contribution in [0.25, 0.3) is 0 Å². The Morgan fingerprint density at radius 3 is 2.85 bits per heavy atom. The number of carbonyl (C=O) groups excluding carboxylic acids is 1. The zero-order chi connectivity index (χ0) is 14.9. The van der Waals surface area contributed by atoms with Crippen LogP contribution < -0.4 is 11.1 Å². The average molecular weight is 278 g/mol. The molecule has 1 unspecified atom stereocenters. The number of aromatic nitrogens is 2. The van der Waals surface area contributed by atoms with Gasteiger partial charge in [0.1, 0.15) is 5.69 Å². The summed E-state index contributed by atoms with van der Waals surface area (Å²) in [5, 5.41) is 7.44. The number of nitrogen functional groups attached to an aromatic ring is 1. The van der Waals surface area contributed by atoms with Gasteiger partial charge in [-0.25, -0.2) is 0 Å². The molecule has 0 saturated heterocycles. The molecule has 1 aromatic heterocycles. The summed E-state index contributed by atoms with van der Waals surface area (Å²) in [5.41, 5.74) is 8.03. The van der Waals surface area contributed by atoms with Crippen LogP contribution in [0.1, 0.15) is 62.6 Å². The molecule has 1 heterocycles. The molecule has 0 spiro atoms. The first-order valence-electron chi connectivity index (χ1n) is 7.48. The van der Waals surface area contributed by atoms with E-state index in [9.17, 15) is 4.79 Å². The molecule has 20 heavy (non-hydrogen) atoms. The third-order valence-electron chi connectivity index (χ3n) is 4.23. The standard InChI is InChI=1S/C15H26N4O/c1-5-19-13(12(16)10(2)18-19)14(20)17-11-7-6-8-15(3,4)9-11/h11H,5-9,16H2,1-4H3,(H,17,20). The van der Waals surface area contributed by atoms with E-state index in [1.54, 1.807) is 4.68 Å². The van der Waals surface area contributed by atoms with Gasteiger partial charge in [-0.15, -0.1) is 0 Å². The van der Waals surface area contributed by atoms with Crippen LogP contribution in [0.4, 0.5) is 5.69 Å². The highest BCUT2D eigenvalue weighted by Gasteiger charge is 2.30. The number of amides is 1. The van der Waals surface area contributed by atoms with Crippen molar-refractivity contribution >= 4 is 11.6 Å². The molecule has 5 nitrogen and oxygen atoms in total. The molecule has 3 N–H and O–H groups in total. The number of rotatable bonds is 3. The lowest BCUT2D eigenvalue weighted by Crippen LogP contribution is -2.41. The predicted molar refractivity (Wildman–Crippen MR) is 80.6 cm³/mol. The molecule has 1 amide bonds. The van der Waals surface area contributed by atoms with Crippen molar-refractivity contribution in [3.05, 3.63) is 11.4 Å². The van der Waals surface area contributed by atoms with Gasteiger partial charge in [0.25, 0.3) is 5.91 Å². The van der Waals surface area contributed by atoms with Gasteiger partial charge < -0.3 is 11.1 Å². The Morgan fingerprint density at radius 2 is 2.25 bits per heavy atom. The Morgan fingerprint density at radius 1 is 1.55 bits per heavy atom. The van der Waals surface area contributed by atoms with Crippen molar-refractivity contribution in [1.29, 1.82) is 0 Å². The van der Waals surface area contributed by atoms with Crippen LogP contribution in [0.15, 0.2) is 0 Å². The smallest absolute Gasteiger partial charge is 0.271 e. The third-order valence-corrected chi connectivity index (χ3v) is 4.23. The van der Waals surface area contributed by atoms with Gasteiger partial charge in [0.2, 0.25) is 0 Å². The Labute approximate surface area is 120 Å². The van der Waals surface area contributed by atoms with E-state index in [2.05, 4.69) is 24.3 Å². The quantitative estimate of drug-likeness (QED) is 0.892. The zero-order valence-corrected chi connectivity index (χ0v) is 13.0. The molecule has 1 aliphatic rings. The zero-order valence-electron chi connectivity index (χ0n) is 13.0. The maximum Gasteiger partial charge on any atom is 0.271 e. The number of hydrogen-bond donors (Lipinski definition) is 2. The molecule has 0 bridgehead atoms. The van der Waals surface area contributed by atoms with E-state index >= 15 is 0 Å². The monoisotopic (exact) mass is 278 g/mol. The fourth-order valence-electron chi connectivity index (χ4n) is 3.14. The van der Waals surface area contributed by atoms with Gasteiger partial charge in [0.15, 0.2) is 0 Å². The average Bonchev–Trinajstić information content (AvgIpc) is 2.64. The summed E-state index contributed by atoms with van der Waals surface area (Å²) >= 11 is 0. The van der Waals surface area contributed by atoms with Crippen LogP contribution in [-0.2, 0) is 6.54 Å². The van der Waals surface area contributed by atoms with Gasteiger partial charge in [0.05, 0.1) is 11.4 Å². The number of aryl methyl sites for hydroxylation is 2. The number of nitrogens with zero attached hydrogens (tertiary/aromatic N) is 2. The first-order valence-corrected chi connectivity index (χ1v) is 7.48. The maximum atomic E-state index is 12.5. The molecule has 0 radical (unpaired) electrons. The van der Waals surface area contributed by atoms with Gasteiger partial charge in [-0.05, 0) is 38.5 Å². The normalized spacial score (nSPS) is 21.7. The number of nitrogens with two attached hydrogens (primary N) is 1. The van der Waals surface area contributed by atoms with Crippen LogP contribution in [0, 0.1) is 12.3 Å². The van der Waals surface area contributed by atoms with Gasteiger partial charge in [-0.1, -0.05) is 20.3 Å². The molecular weight excluding hydrogens is 252 g/mol. The molecule has 1 aliphatic carbocycles. The number of carbonyl (C=O) groups is 1. The SMILES string of the molecule is CCn1nc(C)c(N)c1C(=O)NC1CCCC(C)(C)C1. The number of nitrogens with one attached hydrogen (secondary N) is 1. The Kier molecular flexibility index (Phi) is 4.06. The summed E-state index contributed by atoms with van der Waals surface area (Å²) in [6.07, 6.45) is 4.47. The topological polar surface area (TPSA) is 72.9 Å². The molecule has 5 heteroatoms. The summed E-state index contributed by atoms with van der Waals surface area (Å²) in [6, 6.07) is 0.242. The fraction of sp³-hybridized carbons (Fsp3) is 0.733. The maximum absolute atomic E-state index is 12.5. The molecule has 112 valence electrons. The molecule has 0 aromatic carbocycles. The van der Waals surface area contributed by atoms with Crippen molar-refractivity contribution in [3.63, 3.8) is 0 Å². The number of anilines is 1. The molecule has 1 aromatic rings. The lowest BCUT2D eigenvalue weighted by atomic mass is 9.75. The fourth-order valence-corrected chi connectivity index (χ4v) is 3.14. The van der Waals surface area contributed by atoms with Gasteiger partial charge in [-0.2, -0.15) is 5.10 Å². The van der Waals surface area contributed by atoms with Crippen LogP contribution in [0.2, 0.25) is 0 Å². The molecule has 2 rings (SSSR count). The Bertz CT molecular complexity index is 504. The van der Waals surface area contributed by atoms with E-state index in [1.165, 1.54) is 12.8 Å². The van der Waals surface area contributed by atoms with E-state index in [-0.39, 0.29) is 11.9 Å². The molecule has 0 aliphatic heterocycles. The second-order valence-corrected chi connectivity index (χ2v) is 6.59. The molecule has 1 fully saturated rings. The summed E-state index contributed by atoms with van der Waals surface area (Å²) in [4.78, 5) is 12.5. The summed E-state index contributed by atoms with van der Waals surface area (Å²) in [7, 11) is 0. The minimum absolute atomic E-state index is 0.0901. The first-order chi connectivity index (χ1) is 9.34. The second-order valence-electron chi connectivity index (χ2n) is 6.59. The van der Waals surface area contributed by atoms with Gasteiger partial charge in [0, 0.05) is 12.6 Å². The summed E-state index contributed by atoms with van der Waals surface area (Å²) in [6.45, 7) is 8.98. The largest absolute Gasteiger partial charge is 0.395 e. The van der Waals surface area contributed by atoms with Crippen LogP contribution in [0.5, 0.6) is 0 Å². The van der Waals surface area contributed by atoms with Gasteiger partial charge >= 0.3 is 0 Å². The third kappa shape index (κ3) is 2.97. The summed E-state index contributed by atoms with van der Waals surface area (Å²) in [5.74, 6) is -0.0901. The Hall–Kier alpha value is -1.52. The highest BCUT2D eigenvalue weighted by Crippen LogP contribution is 2.35. The molecule has 1 saturated carbocycles. The highest BCUT2D eigenvalue weighted by molar-refractivity contribution is 5.98. The van der Waals surface area contributed by atoms with Crippen LogP contribution >= 0.6 is 0 Å². The number of hydrogen-bond acceptors (Lipinski definition) is 3. The van der Waals surface area contributed by atoms with Crippen molar-refractivity contribution in [2.75, 3.05) is 5.73 Å². The van der Waals surface area contributed by atoms with Crippen molar-refractivity contribution in [3.8, 4) is 0 Å².